The summed E-state index contributed by atoms with van der Waals surface area (Å²) in [5.41, 5.74) is 0.799. The molecule has 1 aromatic carbocycles. The fraction of sp³-hybridized carbons (Fsp3) is 0.273. The van der Waals surface area contributed by atoms with Crippen molar-refractivity contribution >= 4 is 5.78 Å². The SMILES string of the molecule is CC(=O)c1cccc(C(O)C(O)C#N)c1. The van der Waals surface area contributed by atoms with Crippen LogP contribution in [0, 0.1) is 11.3 Å². The van der Waals surface area contributed by atoms with Gasteiger partial charge in [0.15, 0.2) is 11.9 Å². The van der Waals surface area contributed by atoms with Crippen LogP contribution in [0.1, 0.15) is 28.9 Å². The maximum atomic E-state index is 11.1. The van der Waals surface area contributed by atoms with Crippen molar-refractivity contribution < 1.29 is 15.0 Å². The van der Waals surface area contributed by atoms with E-state index in [1.54, 1.807) is 18.2 Å². The third-order valence-electron chi connectivity index (χ3n) is 2.07. The monoisotopic (exact) mass is 205 g/mol. The Kier molecular flexibility index (Phi) is 3.56. The highest BCUT2D eigenvalue weighted by atomic mass is 16.3. The standard InChI is InChI=1S/C11H11NO3/c1-7(13)8-3-2-4-9(5-8)11(15)10(14)6-12/h2-5,10-11,14-15H,1H3. The zero-order valence-electron chi connectivity index (χ0n) is 8.21. The molecule has 4 nitrogen and oxygen atoms in total. The van der Waals surface area contributed by atoms with Gasteiger partial charge in [-0.05, 0) is 18.6 Å². The van der Waals surface area contributed by atoms with Crippen molar-refractivity contribution in [1.82, 2.24) is 0 Å². The fourth-order valence-corrected chi connectivity index (χ4v) is 1.19. The number of carbonyl (C=O) groups excluding carboxylic acids is 1. The summed E-state index contributed by atoms with van der Waals surface area (Å²) < 4.78 is 0. The molecule has 78 valence electrons. The lowest BCUT2D eigenvalue weighted by molar-refractivity contribution is 0.0527. The molecule has 0 heterocycles. The largest absolute Gasteiger partial charge is 0.385 e. The second kappa shape index (κ2) is 4.69. The predicted molar refractivity (Wildman–Crippen MR) is 53.0 cm³/mol. The van der Waals surface area contributed by atoms with E-state index in [0.29, 0.717) is 11.1 Å². The Bertz CT molecular complexity index is 409. The normalized spacial score (nSPS) is 14.0. The summed E-state index contributed by atoms with van der Waals surface area (Å²) in [6, 6.07) is 7.76. The van der Waals surface area contributed by atoms with Gasteiger partial charge in [0.25, 0.3) is 0 Å². The van der Waals surface area contributed by atoms with Crippen LogP contribution in [0.2, 0.25) is 0 Å². The summed E-state index contributed by atoms with van der Waals surface area (Å²) in [6.07, 6.45) is -2.76. The highest BCUT2D eigenvalue weighted by molar-refractivity contribution is 5.94. The van der Waals surface area contributed by atoms with Crippen LogP contribution in [0.5, 0.6) is 0 Å². The molecule has 4 heteroatoms. The summed E-state index contributed by atoms with van der Waals surface area (Å²) in [5, 5.41) is 27.0. The third-order valence-corrected chi connectivity index (χ3v) is 2.07. The molecular formula is C11H11NO3. The maximum Gasteiger partial charge on any atom is 0.170 e. The minimum atomic E-state index is -1.48. The predicted octanol–water partition coefficient (Wildman–Crippen LogP) is 0.807. The van der Waals surface area contributed by atoms with Gasteiger partial charge in [0.2, 0.25) is 0 Å². The summed E-state index contributed by atoms with van der Waals surface area (Å²) in [7, 11) is 0. The smallest absolute Gasteiger partial charge is 0.170 e. The molecular weight excluding hydrogens is 194 g/mol. The van der Waals surface area contributed by atoms with E-state index in [1.165, 1.54) is 19.1 Å². The van der Waals surface area contributed by atoms with Crippen molar-refractivity contribution in [1.29, 1.82) is 5.26 Å². The van der Waals surface area contributed by atoms with Crippen LogP contribution >= 0.6 is 0 Å². The first-order chi connectivity index (χ1) is 7.06. The molecule has 0 radical (unpaired) electrons. The fourth-order valence-electron chi connectivity index (χ4n) is 1.19. The van der Waals surface area contributed by atoms with Crippen LogP contribution < -0.4 is 0 Å². The Labute approximate surface area is 87.4 Å². The van der Waals surface area contributed by atoms with Gasteiger partial charge in [0, 0.05) is 5.56 Å². The van der Waals surface area contributed by atoms with Crippen LogP contribution in [0.25, 0.3) is 0 Å². The van der Waals surface area contributed by atoms with Gasteiger partial charge >= 0.3 is 0 Å². The number of nitrogens with zero attached hydrogens (tertiary/aromatic N) is 1. The highest BCUT2D eigenvalue weighted by Crippen LogP contribution is 2.18. The third kappa shape index (κ3) is 2.62. The van der Waals surface area contributed by atoms with Crippen molar-refractivity contribution in [2.45, 2.75) is 19.1 Å². The summed E-state index contributed by atoms with van der Waals surface area (Å²) in [4.78, 5) is 11.1. The Morgan fingerprint density at radius 3 is 2.67 bits per heavy atom. The number of nitriles is 1. The second-order valence-electron chi connectivity index (χ2n) is 3.20. The quantitative estimate of drug-likeness (QED) is 0.565. The van der Waals surface area contributed by atoms with Crippen LogP contribution in [-0.2, 0) is 0 Å². The minimum Gasteiger partial charge on any atom is -0.385 e. The molecule has 0 aliphatic heterocycles. The number of Topliss-reactive ketones (excluding diaryl/α,β-unsaturated/α-hetero) is 1. The molecule has 2 unspecified atom stereocenters. The zero-order valence-corrected chi connectivity index (χ0v) is 8.21. The number of aliphatic hydroxyl groups excluding tert-OH is 2. The average molecular weight is 205 g/mol. The second-order valence-corrected chi connectivity index (χ2v) is 3.20. The average Bonchev–Trinajstić information content (AvgIpc) is 2.27. The molecule has 0 fully saturated rings. The number of benzene rings is 1. The lowest BCUT2D eigenvalue weighted by Gasteiger charge is -2.12. The van der Waals surface area contributed by atoms with Crippen molar-refractivity contribution in [3.63, 3.8) is 0 Å². The van der Waals surface area contributed by atoms with Crippen molar-refractivity contribution in [2.24, 2.45) is 0 Å². The number of rotatable bonds is 3. The van der Waals surface area contributed by atoms with Gasteiger partial charge in [-0.2, -0.15) is 5.26 Å². The van der Waals surface area contributed by atoms with E-state index in [4.69, 9.17) is 10.4 Å². The molecule has 1 rings (SSSR count). The van der Waals surface area contributed by atoms with E-state index >= 15 is 0 Å². The summed E-state index contributed by atoms with van der Waals surface area (Å²) >= 11 is 0. The van der Waals surface area contributed by atoms with Gasteiger partial charge < -0.3 is 10.2 Å². The van der Waals surface area contributed by atoms with Crippen molar-refractivity contribution in [2.75, 3.05) is 0 Å². The molecule has 0 saturated heterocycles. The molecule has 2 N–H and O–H groups in total. The van der Waals surface area contributed by atoms with Gasteiger partial charge in [-0.1, -0.05) is 18.2 Å². The van der Waals surface area contributed by atoms with Crippen molar-refractivity contribution in [3.8, 4) is 6.07 Å². The molecule has 0 bridgehead atoms. The topological polar surface area (TPSA) is 81.3 Å². The molecule has 0 saturated carbocycles. The Morgan fingerprint density at radius 2 is 2.13 bits per heavy atom. The zero-order chi connectivity index (χ0) is 11.4. The lowest BCUT2D eigenvalue weighted by Crippen LogP contribution is -2.16. The highest BCUT2D eigenvalue weighted by Gasteiger charge is 2.17. The molecule has 0 aliphatic carbocycles. The first-order valence-electron chi connectivity index (χ1n) is 4.43. The molecule has 0 aromatic heterocycles. The summed E-state index contributed by atoms with van der Waals surface area (Å²) in [6.45, 7) is 1.41. The number of carbonyl (C=O) groups is 1. The maximum absolute atomic E-state index is 11.1. The Balaban J connectivity index is 3.01. The molecule has 15 heavy (non-hydrogen) atoms. The molecule has 1 aromatic rings. The lowest BCUT2D eigenvalue weighted by atomic mass is 10.0. The first-order valence-corrected chi connectivity index (χ1v) is 4.43. The molecule has 0 spiro atoms. The van der Waals surface area contributed by atoms with Gasteiger partial charge in [-0.15, -0.1) is 0 Å². The van der Waals surface area contributed by atoms with Crippen LogP contribution in [0.15, 0.2) is 24.3 Å². The van der Waals surface area contributed by atoms with Gasteiger partial charge in [0.1, 0.15) is 6.10 Å². The molecule has 2 atom stereocenters. The van der Waals surface area contributed by atoms with Gasteiger partial charge in [-0.3, -0.25) is 4.79 Å². The van der Waals surface area contributed by atoms with Gasteiger partial charge in [0.05, 0.1) is 6.07 Å². The van der Waals surface area contributed by atoms with E-state index in [1.807, 2.05) is 0 Å². The van der Waals surface area contributed by atoms with Gasteiger partial charge in [-0.25, -0.2) is 0 Å². The van der Waals surface area contributed by atoms with E-state index in [-0.39, 0.29) is 5.78 Å². The molecule has 0 amide bonds. The van der Waals surface area contributed by atoms with E-state index in [2.05, 4.69) is 0 Å². The number of ketones is 1. The molecule has 0 aliphatic rings. The van der Waals surface area contributed by atoms with Crippen LogP contribution in [-0.4, -0.2) is 22.1 Å². The number of aliphatic hydroxyl groups is 2. The van der Waals surface area contributed by atoms with E-state index < -0.39 is 12.2 Å². The number of hydrogen-bond donors (Lipinski definition) is 2. The first kappa shape index (κ1) is 11.4. The van der Waals surface area contributed by atoms with Crippen LogP contribution in [0.4, 0.5) is 0 Å². The van der Waals surface area contributed by atoms with Crippen molar-refractivity contribution in [3.05, 3.63) is 35.4 Å². The summed E-state index contributed by atoms with van der Waals surface area (Å²) in [5.74, 6) is -0.129. The number of hydrogen-bond acceptors (Lipinski definition) is 4. The van der Waals surface area contributed by atoms with Crippen LogP contribution in [0.3, 0.4) is 0 Å². The Hall–Kier alpha value is -1.70. The Morgan fingerprint density at radius 1 is 1.47 bits per heavy atom. The van der Waals surface area contributed by atoms with E-state index in [0.717, 1.165) is 0 Å². The van der Waals surface area contributed by atoms with E-state index in [9.17, 15) is 9.90 Å². The minimum absolute atomic E-state index is 0.129.